The molecule has 150 valence electrons. The van der Waals surface area contributed by atoms with Gasteiger partial charge in [0, 0.05) is 6.42 Å². The SMILES string of the molecule is CC(C)=CCC/C(C)=C/CCC(C)=CCCC(=O)OCC(O)C(O)CO. The van der Waals surface area contributed by atoms with Crippen LogP contribution >= 0.6 is 0 Å². The number of aliphatic hydroxyl groups is 3. The van der Waals surface area contributed by atoms with Gasteiger partial charge in [-0.2, -0.15) is 0 Å². The fourth-order valence-corrected chi connectivity index (χ4v) is 2.26. The van der Waals surface area contributed by atoms with Crippen LogP contribution in [-0.2, 0) is 9.53 Å². The Balaban J connectivity index is 3.96. The van der Waals surface area contributed by atoms with Crippen molar-refractivity contribution < 1.29 is 24.9 Å². The zero-order chi connectivity index (χ0) is 19.9. The molecule has 0 aromatic heterocycles. The molecule has 0 aromatic rings. The number of carbonyl (C=O) groups is 1. The standard InChI is InChI=1S/C21H36O5/c1-16(2)8-5-9-17(3)10-6-11-18(4)12-7-13-21(25)26-15-20(24)19(23)14-22/h8,10,12,19-20,22-24H,5-7,9,11,13-15H2,1-4H3/b17-10+,18-12?. The van der Waals surface area contributed by atoms with E-state index < -0.39 is 24.8 Å². The first-order valence-corrected chi connectivity index (χ1v) is 9.33. The second kappa shape index (κ2) is 14.7. The predicted octanol–water partition coefficient (Wildman–Crippen LogP) is 3.44. The van der Waals surface area contributed by atoms with Crippen LogP contribution in [0.4, 0.5) is 0 Å². The predicted molar refractivity (Wildman–Crippen MR) is 105 cm³/mol. The van der Waals surface area contributed by atoms with E-state index in [0.717, 1.165) is 25.7 Å². The Morgan fingerprint density at radius 2 is 1.35 bits per heavy atom. The highest BCUT2D eigenvalue weighted by molar-refractivity contribution is 5.69. The molecule has 2 unspecified atom stereocenters. The van der Waals surface area contributed by atoms with Gasteiger partial charge in [-0.1, -0.05) is 34.9 Å². The van der Waals surface area contributed by atoms with Crippen molar-refractivity contribution in [3.63, 3.8) is 0 Å². The Kier molecular flexibility index (Phi) is 13.9. The van der Waals surface area contributed by atoms with Gasteiger partial charge in [-0.05, 0) is 59.8 Å². The zero-order valence-corrected chi connectivity index (χ0v) is 16.7. The quantitative estimate of drug-likeness (QED) is 0.342. The fourth-order valence-electron chi connectivity index (χ4n) is 2.26. The van der Waals surface area contributed by atoms with Crippen LogP contribution in [0.1, 0.15) is 66.2 Å². The van der Waals surface area contributed by atoms with Crippen LogP contribution in [0.15, 0.2) is 34.9 Å². The summed E-state index contributed by atoms with van der Waals surface area (Å²) in [5, 5.41) is 27.2. The molecule has 0 aliphatic rings. The zero-order valence-electron chi connectivity index (χ0n) is 16.7. The summed E-state index contributed by atoms with van der Waals surface area (Å²) in [5.74, 6) is -0.423. The number of esters is 1. The molecule has 0 aliphatic heterocycles. The molecule has 0 radical (unpaired) electrons. The molecule has 0 rings (SSSR count). The first-order valence-electron chi connectivity index (χ1n) is 9.33. The maximum atomic E-state index is 11.6. The van der Waals surface area contributed by atoms with Crippen molar-refractivity contribution in [3.05, 3.63) is 34.9 Å². The van der Waals surface area contributed by atoms with E-state index in [2.05, 4.69) is 39.8 Å². The fraction of sp³-hybridized carbons (Fsp3) is 0.667. The van der Waals surface area contributed by atoms with Crippen LogP contribution in [0.3, 0.4) is 0 Å². The molecule has 0 heterocycles. The lowest BCUT2D eigenvalue weighted by atomic mass is 10.1. The monoisotopic (exact) mass is 368 g/mol. The Bertz CT molecular complexity index is 487. The summed E-state index contributed by atoms with van der Waals surface area (Å²) in [6, 6.07) is 0. The summed E-state index contributed by atoms with van der Waals surface area (Å²) in [5.41, 5.74) is 4.00. The second-order valence-electron chi connectivity index (χ2n) is 7.00. The first-order chi connectivity index (χ1) is 12.3. The Morgan fingerprint density at radius 3 is 1.85 bits per heavy atom. The van der Waals surface area contributed by atoms with Crippen LogP contribution in [0.5, 0.6) is 0 Å². The van der Waals surface area contributed by atoms with E-state index in [-0.39, 0.29) is 13.0 Å². The van der Waals surface area contributed by atoms with Crippen molar-refractivity contribution >= 4 is 5.97 Å². The minimum absolute atomic E-state index is 0.233. The number of ether oxygens (including phenoxy) is 1. The van der Waals surface area contributed by atoms with Crippen molar-refractivity contribution in [1.29, 1.82) is 0 Å². The minimum atomic E-state index is -1.29. The van der Waals surface area contributed by atoms with Crippen molar-refractivity contribution in [1.82, 2.24) is 0 Å². The summed E-state index contributed by atoms with van der Waals surface area (Å²) >= 11 is 0. The van der Waals surface area contributed by atoms with Crippen molar-refractivity contribution in [2.24, 2.45) is 0 Å². The number of rotatable bonds is 13. The Hall–Kier alpha value is -1.43. The van der Waals surface area contributed by atoms with E-state index in [0.29, 0.717) is 6.42 Å². The van der Waals surface area contributed by atoms with Crippen molar-refractivity contribution in [3.8, 4) is 0 Å². The molecule has 2 atom stereocenters. The highest BCUT2D eigenvalue weighted by atomic mass is 16.5. The number of aliphatic hydroxyl groups excluding tert-OH is 3. The van der Waals surface area contributed by atoms with Gasteiger partial charge in [0.25, 0.3) is 0 Å². The van der Waals surface area contributed by atoms with Crippen LogP contribution in [0.25, 0.3) is 0 Å². The molecule has 0 amide bonds. The summed E-state index contributed by atoms with van der Waals surface area (Å²) in [6.45, 7) is 7.58. The number of carbonyl (C=O) groups excluding carboxylic acids is 1. The molecule has 0 aromatic carbocycles. The maximum Gasteiger partial charge on any atom is 0.306 e. The van der Waals surface area contributed by atoms with Crippen LogP contribution in [0.2, 0.25) is 0 Å². The van der Waals surface area contributed by atoms with E-state index in [4.69, 9.17) is 9.84 Å². The molecule has 0 saturated carbocycles. The van der Waals surface area contributed by atoms with E-state index in [1.807, 2.05) is 6.08 Å². The molecule has 3 N–H and O–H groups in total. The first kappa shape index (κ1) is 24.6. The van der Waals surface area contributed by atoms with Gasteiger partial charge in [-0.25, -0.2) is 0 Å². The number of allylic oxidation sites excluding steroid dienone is 6. The second-order valence-corrected chi connectivity index (χ2v) is 7.00. The molecule has 0 bridgehead atoms. The molecule has 26 heavy (non-hydrogen) atoms. The third-order valence-corrected chi connectivity index (χ3v) is 4.01. The summed E-state index contributed by atoms with van der Waals surface area (Å²) in [6.07, 6.45) is 8.99. The lowest BCUT2D eigenvalue weighted by molar-refractivity contribution is -0.149. The topological polar surface area (TPSA) is 87.0 Å². The van der Waals surface area contributed by atoms with Crippen molar-refractivity contribution in [2.75, 3.05) is 13.2 Å². The van der Waals surface area contributed by atoms with Gasteiger partial charge >= 0.3 is 5.97 Å². The minimum Gasteiger partial charge on any atom is -0.463 e. The molecule has 5 heteroatoms. The summed E-state index contributed by atoms with van der Waals surface area (Å²) < 4.78 is 4.87. The summed E-state index contributed by atoms with van der Waals surface area (Å²) in [7, 11) is 0. The largest absolute Gasteiger partial charge is 0.463 e. The van der Waals surface area contributed by atoms with Gasteiger partial charge in [-0.15, -0.1) is 0 Å². The maximum absolute atomic E-state index is 11.6. The highest BCUT2D eigenvalue weighted by Crippen LogP contribution is 2.12. The lowest BCUT2D eigenvalue weighted by Crippen LogP contribution is -2.34. The normalized spacial score (nSPS) is 14.7. The van der Waals surface area contributed by atoms with Crippen LogP contribution in [-0.4, -0.2) is 46.7 Å². The summed E-state index contributed by atoms with van der Waals surface area (Å²) in [4.78, 5) is 11.6. The molecule has 5 nitrogen and oxygen atoms in total. The number of hydrogen-bond donors (Lipinski definition) is 3. The molecule has 0 saturated heterocycles. The van der Waals surface area contributed by atoms with E-state index in [1.54, 1.807) is 0 Å². The average Bonchev–Trinajstić information content (AvgIpc) is 2.58. The third-order valence-electron chi connectivity index (χ3n) is 4.01. The van der Waals surface area contributed by atoms with Gasteiger partial charge in [0.1, 0.15) is 18.8 Å². The average molecular weight is 369 g/mol. The van der Waals surface area contributed by atoms with E-state index in [1.165, 1.54) is 16.7 Å². The van der Waals surface area contributed by atoms with Crippen LogP contribution in [0, 0.1) is 0 Å². The Labute approximate surface area is 158 Å². The molecule has 0 spiro atoms. The van der Waals surface area contributed by atoms with Gasteiger partial charge in [-0.3, -0.25) is 4.79 Å². The molecule has 0 fully saturated rings. The van der Waals surface area contributed by atoms with Gasteiger partial charge in [0.05, 0.1) is 6.61 Å². The van der Waals surface area contributed by atoms with Crippen LogP contribution < -0.4 is 0 Å². The number of hydrogen-bond acceptors (Lipinski definition) is 5. The lowest BCUT2D eigenvalue weighted by Gasteiger charge is -2.15. The van der Waals surface area contributed by atoms with Crippen molar-refractivity contribution in [2.45, 2.75) is 78.4 Å². The van der Waals surface area contributed by atoms with Gasteiger partial charge in [0.15, 0.2) is 0 Å². The third kappa shape index (κ3) is 13.8. The Morgan fingerprint density at radius 1 is 0.846 bits per heavy atom. The molecular weight excluding hydrogens is 332 g/mol. The van der Waals surface area contributed by atoms with E-state index in [9.17, 15) is 15.0 Å². The highest BCUT2D eigenvalue weighted by Gasteiger charge is 2.16. The van der Waals surface area contributed by atoms with Gasteiger partial charge in [0.2, 0.25) is 0 Å². The van der Waals surface area contributed by atoms with E-state index >= 15 is 0 Å². The van der Waals surface area contributed by atoms with Gasteiger partial charge < -0.3 is 20.1 Å². The smallest absolute Gasteiger partial charge is 0.306 e. The molecule has 0 aliphatic carbocycles. The molecular formula is C21H36O5.